The first kappa shape index (κ1) is 17.4. The number of nitrogens with one attached hydrogen (secondary N) is 1. The Morgan fingerprint density at radius 2 is 1.96 bits per heavy atom. The van der Waals surface area contributed by atoms with E-state index in [0.29, 0.717) is 18.9 Å². The number of ether oxygens (including phenoxy) is 1. The van der Waals surface area contributed by atoms with Gasteiger partial charge in [0.1, 0.15) is 0 Å². The summed E-state index contributed by atoms with van der Waals surface area (Å²) in [6.07, 6.45) is 14.4. The lowest BCUT2D eigenvalue weighted by atomic mass is 9.86. The molecule has 0 radical (unpaired) electrons. The first-order valence-electron chi connectivity index (χ1n) is 9.57. The van der Waals surface area contributed by atoms with Crippen molar-refractivity contribution in [2.75, 3.05) is 13.2 Å². The SMILES string of the molecule is O=C(CCCC1CCCCC1)NC1COCC1Cc1ccncc1. The van der Waals surface area contributed by atoms with Gasteiger partial charge < -0.3 is 10.1 Å². The maximum absolute atomic E-state index is 12.3. The minimum atomic E-state index is 0.153. The normalized spacial score (nSPS) is 24.8. The Morgan fingerprint density at radius 1 is 1.17 bits per heavy atom. The fourth-order valence-corrected chi connectivity index (χ4v) is 4.09. The molecule has 2 fully saturated rings. The summed E-state index contributed by atoms with van der Waals surface area (Å²) in [5.74, 6) is 1.43. The van der Waals surface area contributed by atoms with Gasteiger partial charge in [-0.1, -0.05) is 32.1 Å². The monoisotopic (exact) mass is 330 g/mol. The quantitative estimate of drug-likeness (QED) is 0.832. The van der Waals surface area contributed by atoms with Crippen molar-refractivity contribution in [2.45, 2.75) is 63.8 Å². The number of carbonyl (C=O) groups excluding carboxylic acids is 1. The highest BCUT2D eigenvalue weighted by molar-refractivity contribution is 5.76. The maximum atomic E-state index is 12.3. The summed E-state index contributed by atoms with van der Waals surface area (Å²) in [4.78, 5) is 16.3. The van der Waals surface area contributed by atoms with E-state index in [1.807, 2.05) is 24.5 Å². The maximum Gasteiger partial charge on any atom is 0.220 e. The summed E-state index contributed by atoms with van der Waals surface area (Å²) >= 11 is 0. The molecule has 3 rings (SSSR count). The predicted octanol–water partition coefficient (Wildman–Crippen LogP) is 3.51. The molecule has 2 heterocycles. The molecule has 1 saturated heterocycles. The van der Waals surface area contributed by atoms with Crippen LogP contribution in [0.1, 0.15) is 56.9 Å². The highest BCUT2D eigenvalue weighted by Gasteiger charge is 2.29. The second-order valence-corrected chi connectivity index (χ2v) is 7.43. The minimum absolute atomic E-state index is 0.153. The number of rotatable bonds is 7. The summed E-state index contributed by atoms with van der Waals surface area (Å²) in [5.41, 5.74) is 1.26. The topological polar surface area (TPSA) is 51.2 Å². The molecule has 1 saturated carbocycles. The predicted molar refractivity (Wildman–Crippen MR) is 94.6 cm³/mol. The van der Waals surface area contributed by atoms with Crippen LogP contribution in [0, 0.1) is 11.8 Å². The van der Waals surface area contributed by atoms with Gasteiger partial charge in [-0.3, -0.25) is 9.78 Å². The van der Waals surface area contributed by atoms with Crippen LogP contribution in [0.4, 0.5) is 0 Å². The fourth-order valence-electron chi connectivity index (χ4n) is 4.09. The van der Waals surface area contributed by atoms with E-state index in [0.717, 1.165) is 25.4 Å². The van der Waals surface area contributed by atoms with E-state index in [2.05, 4.69) is 10.3 Å². The van der Waals surface area contributed by atoms with Crippen molar-refractivity contribution in [1.29, 1.82) is 0 Å². The molecule has 4 heteroatoms. The third-order valence-corrected chi connectivity index (χ3v) is 5.53. The van der Waals surface area contributed by atoms with Crippen LogP contribution in [0.2, 0.25) is 0 Å². The molecule has 2 atom stereocenters. The van der Waals surface area contributed by atoms with Gasteiger partial charge in [0.05, 0.1) is 19.3 Å². The Kier molecular flexibility index (Phi) is 6.65. The van der Waals surface area contributed by atoms with Crippen LogP contribution in [-0.4, -0.2) is 30.1 Å². The van der Waals surface area contributed by atoms with Crippen LogP contribution in [0.3, 0.4) is 0 Å². The van der Waals surface area contributed by atoms with Gasteiger partial charge >= 0.3 is 0 Å². The number of hydrogen-bond acceptors (Lipinski definition) is 3. The molecule has 1 amide bonds. The van der Waals surface area contributed by atoms with Gasteiger partial charge in [0.15, 0.2) is 0 Å². The molecular weight excluding hydrogens is 300 g/mol. The number of hydrogen-bond donors (Lipinski definition) is 1. The molecular formula is C20H30N2O2. The van der Waals surface area contributed by atoms with Crippen molar-refractivity contribution < 1.29 is 9.53 Å². The zero-order valence-electron chi connectivity index (χ0n) is 14.6. The fraction of sp³-hybridized carbons (Fsp3) is 0.700. The van der Waals surface area contributed by atoms with Crippen molar-refractivity contribution in [3.05, 3.63) is 30.1 Å². The van der Waals surface area contributed by atoms with E-state index in [4.69, 9.17) is 4.74 Å². The lowest BCUT2D eigenvalue weighted by Gasteiger charge is -2.22. The number of carbonyl (C=O) groups is 1. The molecule has 24 heavy (non-hydrogen) atoms. The van der Waals surface area contributed by atoms with Gasteiger partial charge in [-0.05, 0) is 42.9 Å². The van der Waals surface area contributed by atoms with Crippen LogP contribution in [-0.2, 0) is 16.0 Å². The lowest BCUT2D eigenvalue weighted by Crippen LogP contribution is -2.40. The number of aromatic nitrogens is 1. The van der Waals surface area contributed by atoms with Crippen LogP contribution in [0.5, 0.6) is 0 Å². The molecule has 1 aliphatic carbocycles. The van der Waals surface area contributed by atoms with Crippen molar-refractivity contribution >= 4 is 5.91 Å². The molecule has 2 unspecified atom stereocenters. The van der Waals surface area contributed by atoms with Gasteiger partial charge in [0.25, 0.3) is 0 Å². The standard InChI is InChI=1S/C20H30N2O2/c23-20(8-4-7-16-5-2-1-3-6-16)22-19-15-24-14-18(19)13-17-9-11-21-12-10-17/h9-12,16,18-19H,1-8,13-15H2,(H,22,23). The van der Waals surface area contributed by atoms with Gasteiger partial charge in [-0.2, -0.15) is 0 Å². The molecule has 132 valence electrons. The Labute approximate surface area is 145 Å². The minimum Gasteiger partial charge on any atom is -0.379 e. The molecule has 0 aromatic carbocycles. The highest BCUT2D eigenvalue weighted by Crippen LogP contribution is 2.27. The average Bonchev–Trinajstić information content (AvgIpc) is 3.03. The molecule has 2 aliphatic rings. The largest absolute Gasteiger partial charge is 0.379 e. The smallest absolute Gasteiger partial charge is 0.220 e. The van der Waals surface area contributed by atoms with E-state index in [9.17, 15) is 4.79 Å². The van der Waals surface area contributed by atoms with Crippen molar-refractivity contribution in [3.63, 3.8) is 0 Å². The average molecular weight is 330 g/mol. The third kappa shape index (κ3) is 5.30. The van der Waals surface area contributed by atoms with Crippen LogP contribution in [0.15, 0.2) is 24.5 Å². The second kappa shape index (κ2) is 9.16. The van der Waals surface area contributed by atoms with Gasteiger partial charge in [-0.25, -0.2) is 0 Å². The van der Waals surface area contributed by atoms with Crippen molar-refractivity contribution in [3.8, 4) is 0 Å². The van der Waals surface area contributed by atoms with Gasteiger partial charge in [0.2, 0.25) is 5.91 Å². The molecule has 1 aromatic heterocycles. The Balaban J connectivity index is 1.38. The summed E-state index contributed by atoms with van der Waals surface area (Å²) < 4.78 is 5.61. The molecule has 1 aromatic rings. The second-order valence-electron chi connectivity index (χ2n) is 7.43. The number of amides is 1. The lowest BCUT2D eigenvalue weighted by molar-refractivity contribution is -0.122. The first-order valence-corrected chi connectivity index (χ1v) is 9.57. The van der Waals surface area contributed by atoms with E-state index < -0.39 is 0 Å². The van der Waals surface area contributed by atoms with Crippen LogP contribution < -0.4 is 5.32 Å². The Bertz CT molecular complexity index is 500. The van der Waals surface area contributed by atoms with Crippen LogP contribution in [0.25, 0.3) is 0 Å². The molecule has 4 nitrogen and oxygen atoms in total. The third-order valence-electron chi connectivity index (χ3n) is 5.53. The zero-order valence-corrected chi connectivity index (χ0v) is 14.6. The molecule has 0 bridgehead atoms. The first-order chi connectivity index (χ1) is 11.8. The van der Waals surface area contributed by atoms with Crippen molar-refractivity contribution in [1.82, 2.24) is 10.3 Å². The Morgan fingerprint density at radius 3 is 2.75 bits per heavy atom. The summed E-state index contributed by atoms with van der Waals surface area (Å²) in [5, 5.41) is 3.21. The van der Waals surface area contributed by atoms with E-state index in [1.54, 1.807) is 0 Å². The number of nitrogens with zero attached hydrogens (tertiary/aromatic N) is 1. The summed E-state index contributed by atoms with van der Waals surface area (Å²) in [6.45, 7) is 1.37. The summed E-state index contributed by atoms with van der Waals surface area (Å²) in [7, 11) is 0. The Hall–Kier alpha value is -1.42. The van der Waals surface area contributed by atoms with Gasteiger partial charge in [0, 0.05) is 24.7 Å². The molecule has 1 aliphatic heterocycles. The van der Waals surface area contributed by atoms with E-state index in [-0.39, 0.29) is 11.9 Å². The summed E-state index contributed by atoms with van der Waals surface area (Å²) in [6, 6.07) is 4.24. The molecule has 0 spiro atoms. The number of pyridine rings is 1. The van der Waals surface area contributed by atoms with Crippen molar-refractivity contribution in [2.24, 2.45) is 11.8 Å². The van der Waals surface area contributed by atoms with Crippen LogP contribution >= 0.6 is 0 Å². The van der Waals surface area contributed by atoms with E-state index in [1.165, 1.54) is 44.1 Å². The van der Waals surface area contributed by atoms with E-state index >= 15 is 0 Å². The zero-order chi connectivity index (χ0) is 16.6. The van der Waals surface area contributed by atoms with Gasteiger partial charge in [-0.15, -0.1) is 0 Å². The highest BCUT2D eigenvalue weighted by atomic mass is 16.5. The molecule has 1 N–H and O–H groups in total.